The Morgan fingerprint density at radius 2 is 2.10 bits per heavy atom. The first-order valence-corrected chi connectivity index (χ1v) is 8.67. The van der Waals surface area contributed by atoms with E-state index in [1.165, 1.54) is 32.2 Å². The van der Waals surface area contributed by atoms with Crippen molar-refractivity contribution >= 4 is 5.91 Å². The molecule has 21 heavy (non-hydrogen) atoms. The van der Waals surface area contributed by atoms with Crippen LogP contribution in [0.4, 0.5) is 0 Å². The molecule has 0 saturated carbocycles. The molecule has 0 bridgehead atoms. The molecule has 122 valence electrons. The zero-order chi connectivity index (χ0) is 15.5. The van der Waals surface area contributed by atoms with Gasteiger partial charge in [-0.15, -0.1) is 0 Å². The molecule has 4 heteroatoms. The van der Waals surface area contributed by atoms with Crippen molar-refractivity contribution in [3.05, 3.63) is 0 Å². The normalized spacial score (nSPS) is 27.8. The molecule has 2 atom stereocenters. The van der Waals surface area contributed by atoms with Gasteiger partial charge in [0.25, 0.3) is 0 Å². The van der Waals surface area contributed by atoms with E-state index in [1.54, 1.807) is 0 Å². The predicted molar refractivity (Wildman–Crippen MR) is 87.3 cm³/mol. The van der Waals surface area contributed by atoms with Gasteiger partial charge in [-0.25, -0.2) is 0 Å². The summed E-state index contributed by atoms with van der Waals surface area (Å²) in [5.74, 6) is 0.784. The number of nitrogens with one attached hydrogen (secondary N) is 1. The molecule has 1 amide bonds. The van der Waals surface area contributed by atoms with Crippen LogP contribution in [-0.2, 0) is 4.79 Å². The first kappa shape index (κ1) is 16.8. The van der Waals surface area contributed by atoms with Crippen LogP contribution < -0.4 is 5.32 Å². The van der Waals surface area contributed by atoms with Gasteiger partial charge in [0.1, 0.15) is 0 Å². The van der Waals surface area contributed by atoms with Crippen LogP contribution in [0.5, 0.6) is 0 Å². The summed E-state index contributed by atoms with van der Waals surface area (Å²) in [6.45, 7) is 11.8. The molecule has 2 saturated heterocycles. The number of hydrogen-bond acceptors (Lipinski definition) is 3. The molecule has 0 spiro atoms. The lowest BCUT2D eigenvalue weighted by atomic mass is 9.74. The van der Waals surface area contributed by atoms with Crippen molar-refractivity contribution in [2.24, 2.45) is 11.3 Å². The van der Waals surface area contributed by atoms with Gasteiger partial charge in [-0.1, -0.05) is 20.8 Å². The lowest BCUT2D eigenvalue weighted by Crippen LogP contribution is -2.50. The molecule has 2 heterocycles. The molecule has 0 aromatic carbocycles. The number of likely N-dealkylation sites (tertiary alicyclic amines) is 1. The summed E-state index contributed by atoms with van der Waals surface area (Å²) >= 11 is 0. The smallest absolute Gasteiger partial charge is 0.228 e. The fourth-order valence-electron chi connectivity index (χ4n) is 4.05. The number of amides is 1. The largest absolute Gasteiger partial charge is 0.344 e. The van der Waals surface area contributed by atoms with E-state index in [0.29, 0.717) is 17.9 Å². The molecular weight excluding hydrogens is 262 g/mol. The Bertz CT molecular complexity index is 350. The van der Waals surface area contributed by atoms with Gasteiger partial charge in [-0.3, -0.25) is 9.69 Å². The van der Waals surface area contributed by atoms with Crippen molar-refractivity contribution in [2.45, 2.75) is 52.5 Å². The third-order valence-electron chi connectivity index (χ3n) is 5.61. The summed E-state index contributed by atoms with van der Waals surface area (Å²) < 4.78 is 0. The highest BCUT2D eigenvalue weighted by Crippen LogP contribution is 2.33. The maximum absolute atomic E-state index is 12.9. The van der Waals surface area contributed by atoms with Gasteiger partial charge in [0, 0.05) is 25.0 Å². The van der Waals surface area contributed by atoms with Crippen LogP contribution in [-0.4, -0.2) is 61.5 Å². The minimum absolute atomic E-state index is 0.252. The highest BCUT2D eigenvalue weighted by molar-refractivity contribution is 5.82. The molecule has 2 aliphatic heterocycles. The monoisotopic (exact) mass is 295 g/mol. The van der Waals surface area contributed by atoms with E-state index < -0.39 is 0 Å². The molecule has 2 aliphatic rings. The van der Waals surface area contributed by atoms with Gasteiger partial charge >= 0.3 is 0 Å². The Balaban J connectivity index is 1.94. The van der Waals surface area contributed by atoms with Gasteiger partial charge in [0.05, 0.1) is 0 Å². The number of carbonyl (C=O) groups excluding carboxylic acids is 1. The molecule has 0 aliphatic carbocycles. The van der Waals surface area contributed by atoms with Crippen molar-refractivity contribution < 1.29 is 4.79 Å². The molecule has 4 nitrogen and oxygen atoms in total. The number of nitrogens with zero attached hydrogens (tertiary/aromatic N) is 2. The van der Waals surface area contributed by atoms with Crippen molar-refractivity contribution in [3.63, 3.8) is 0 Å². The molecule has 1 N–H and O–H groups in total. The molecule has 0 radical (unpaired) electrons. The van der Waals surface area contributed by atoms with Crippen LogP contribution in [0.15, 0.2) is 0 Å². The number of rotatable bonds is 5. The van der Waals surface area contributed by atoms with E-state index in [1.807, 2.05) is 11.9 Å². The Morgan fingerprint density at radius 1 is 1.33 bits per heavy atom. The third kappa shape index (κ3) is 3.78. The van der Waals surface area contributed by atoms with Crippen LogP contribution in [0.3, 0.4) is 0 Å². The van der Waals surface area contributed by atoms with E-state index in [0.717, 1.165) is 26.2 Å². The first-order chi connectivity index (χ1) is 9.96. The number of likely N-dealkylation sites (N-methyl/N-ethyl adjacent to an activating group) is 2. The van der Waals surface area contributed by atoms with Crippen molar-refractivity contribution in [3.8, 4) is 0 Å². The van der Waals surface area contributed by atoms with Gasteiger partial charge in [0.2, 0.25) is 5.91 Å². The molecule has 2 rings (SSSR count). The topological polar surface area (TPSA) is 35.6 Å². The van der Waals surface area contributed by atoms with Gasteiger partial charge in [0.15, 0.2) is 0 Å². The first-order valence-electron chi connectivity index (χ1n) is 8.67. The van der Waals surface area contributed by atoms with E-state index in [-0.39, 0.29) is 5.41 Å². The summed E-state index contributed by atoms with van der Waals surface area (Å²) in [5.41, 5.74) is -0.252. The van der Waals surface area contributed by atoms with Crippen molar-refractivity contribution in [2.75, 3.05) is 39.8 Å². The Kier molecular flexibility index (Phi) is 5.67. The second kappa shape index (κ2) is 7.10. The summed E-state index contributed by atoms with van der Waals surface area (Å²) in [4.78, 5) is 17.4. The van der Waals surface area contributed by atoms with Crippen molar-refractivity contribution in [1.29, 1.82) is 0 Å². The van der Waals surface area contributed by atoms with Crippen LogP contribution >= 0.6 is 0 Å². The van der Waals surface area contributed by atoms with Gasteiger partial charge in [-0.2, -0.15) is 0 Å². The van der Waals surface area contributed by atoms with Crippen LogP contribution in [0.2, 0.25) is 0 Å². The summed E-state index contributed by atoms with van der Waals surface area (Å²) in [6, 6.07) is 0.559. The highest BCUT2D eigenvalue weighted by atomic mass is 16.2. The zero-order valence-electron chi connectivity index (χ0n) is 14.3. The predicted octanol–water partition coefficient (Wildman–Crippen LogP) is 1.95. The van der Waals surface area contributed by atoms with Crippen LogP contribution in [0.25, 0.3) is 0 Å². The minimum atomic E-state index is -0.252. The maximum Gasteiger partial charge on any atom is 0.228 e. The van der Waals surface area contributed by atoms with Crippen molar-refractivity contribution in [1.82, 2.24) is 15.1 Å². The van der Waals surface area contributed by atoms with E-state index in [2.05, 4.69) is 31.0 Å². The lowest BCUT2D eigenvalue weighted by molar-refractivity contribution is -0.143. The van der Waals surface area contributed by atoms with Crippen LogP contribution in [0, 0.1) is 11.3 Å². The average Bonchev–Trinajstić information content (AvgIpc) is 2.94. The maximum atomic E-state index is 12.9. The van der Waals surface area contributed by atoms with E-state index in [9.17, 15) is 4.79 Å². The Labute approximate surface area is 130 Å². The second-order valence-electron chi connectivity index (χ2n) is 7.38. The molecule has 2 unspecified atom stereocenters. The number of hydrogen-bond donors (Lipinski definition) is 1. The average molecular weight is 295 g/mol. The SMILES string of the molecule is CCN1CCCC1CN(C)C(=O)C(C)(C)C1CCCNC1. The van der Waals surface area contributed by atoms with E-state index >= 15 is 0 Å². The number of piperidine rings is 1. The Hall–Kier alpha value is -0.610. The third-order valence-corrected chi connectivity index (χ3v) is 5.61. The number of carbonyl (C=O) groups is 1. The standard InChI is InChI=1S/C17H33N3O/c1-5-20-11-7-9-15(20)13-19(4)16(21)17(2,3)14-8-6-10-18-12-14/h14-15,18H,5-13H2,1-4H3. The summed E-state index contributed by atoms with van der Waals surface area (Å²) in [5, 5.41) is 3.45. The highest BCUT2D eigenvalue weighted by Gasteiger charge is 2.39. The van der Waals surface area contributed by atoms with Crippen LogP contribution in [0.1, 0.15) is 46.5 Å². The second-order valence-corrected chi connectivity index (χ2v) is 7.38. The summed E-state index contributed by atoms with van der Waals surface area (Å²) in [6.07, 6.45) is 4.87. The van der Waals surface area contributed by atoms with Gasteiger partial charge in [-0.05, 0) is 57.8 Å². The fourth-order valence-corrected chi connectivity index (χ4v) is 4.05. The lowest BCUT2D eigenvalue weighted by Gasteiger charge is -2.39. The Morgan fingerprint density at radius 3 is 2.71 bits per heavy atom. The van der Waals surface area contributed by atoms with E-state index in [4.69, 9.17) is 0 Å². The summed E-state index contributed by atoms with van der Waals surface area (Å²) in [7, 11) is 1.99. The molecule has 0 aromatic rings. The minimum Gasteiger partial charge on any atom is -0.344 e. The molecule has 0 aromatic heterocycles. The molecular formula is C17H33N3O. The molecule has 2 fully saturated rings. The quantitative estimate of drug-likeness (QED) is 0.842. The van der Waals surface area contributed by atoms with Gasteiger partial charge < -0.3 is 10.2 Å². The zero-order valence-corrected chi connectivity index (χ0v) is 14.3. The fraction of sp³-hybridized carbons (Fsp3) is 0.941.